The Hall–Kier alpha value is -3.95. The molecule has 0 radical (unpaired) electrons. The van der Waals surface area contributed by atoms with E-state index in [0.717, 1.165) is 17.0 Å². The van der Waals surface area contributed by atoms with Crippen LogP contribution < -0.4 is 20.1 Å². The van der Waals surface area contributed by atoms with Gasteiger partial charge in [-0.3, -0.25) is 9.59 Å². The number of ether oxygens (including phenoxy) is 2. The minimum absolute atomic E-state index is 0.0363. The van der Waals surface area contributed by atoms with E-state index in [1.54, 1.807) is 36.9 Å². The number of methoxy groups -OCH3 is 1. The molecule has 2 aromatic carbocycles. The molecule has 2 amide bonds. The van der Waals surface area contributed by atoms with Gasteiger partial charge in [-0.1, -0.05) is 0 Å². The van der Waals surface area contributed by atoms with E-state index in [9.17, 15) is 9.59 Å². The number of nitrogens with one attached hydrogen (secondary N) is 2. The van der Waals surface area contributed by atoms with Gasteiger partial charge in [-0.25, -0.2) is 0 Å². The first-order chi connectivity index (χ1) is 15.5. The second kappa shape index (κ2) is 9.46. The number of carbonyl (C=O) groups is 2. The lowest BCUT2D eigenvalue weighted by Crippen LogP contribution is -2.18. The van der Waals surface area contributed by atoms with Crippen LogP contribution in [-0.4, -0.2) is 45.7 Å². The van der Waals surface area contributed by atoms with Crippen LogP contribution in [0.15, 0.2) is 36.4 Å². The van der Waals surface area contributed by atoms with Crippen molar-refractivity contribution in [2.24, 2.45) is 0 Å². The molecule has 4 rings (SSSR count). The second-order valence-corrected chi connectivity index (χ2v) is 7.39. The molecule has 10 heteroatoms. The van der Waals surface area contributed by atoms with Crippen molar-refractivity contribution in [3.8, 4) is 17.2 Å². The Bertz CT molecular complexity index is 1140. The van der Waals surface area contributed by atoms with E-state index >= 15 is 0 Å². The van der Waals surface area contributed by atoms with E-state index in [4.69, 9.17) is 9.47 Å². The SMILES string of the molecule is COc1ccc(NC(=O)CCCOc2ccc3c(c2)CCC(=O)N3)cc1-n1nnnc1C. The summed E-state index contributed by atoms with van der Waals surface area (Å²) in [6.07, 6.45) is 2.06. The van der Waals surface area contributed by atoms with E-state index in [1.165, 1.54) is 0 Å². The number of benzene rings is 2. The highest BCUT2D eigenvalue weighted by molar-refractivity contribution is 5.94. The lowest BCUT2D eigenvalue weighted by molar-refractivity contribution is -0.117. The molecule has 2 N–H and O–H groups in total. The van der Waals surface area contributed by atoms with Gasteiger partial charge in [0.15, 0.2) is 5.82 Å². The van der Waals surface area contributed by atoms with E-state index in [0.29, 0.717) is 55.2 Å². The van der Waals surface area contributed by atoms with Gasteiger partial charge in [-0.2, -0.15) is 4.68 Å². The van der Waals surface area contributed by atoms with Gasteiger partial charge in [0.1, 0.15) is 17.2 Å². The number of hydrogen-bond donors (Lipinski definition) is 2. The topological polar surface area (TPSA) is 120 Å². The van der Waals surface area contributed by atoms with E-state index < -0.39 is 0 Å². The molecule has 0 fully saturated rings. The van der Waals surface area contributed by atoms with Gasteiger partial charge in [-0.15, -0.1) is 5.10 Å². The highest BCUT2D eigenvalue weighted by atomic mass is 16.5. The highest BCUT2D eigenvalue weighted by Crippen LogP contribution is 2.28. The van der Waals surface area contributed by atoms with Gasteiger partial charge in [0.25, 0.3) is 0 Å². The number of aromatic nitrogens is 4. The van der Waals surface area contributed by atoms with Crippen molar-refractivity contribution in [1.29, 1.82) is 0 Å². The van der Waals surface area contributed by atoms with Crippen molar-refractivity contribution >= 4 is 23.2 Å². The zero-order chi connectivity index (χ0) is 22.5. The molecule has 0 spiro atoms. The first-order valence-corrected chi connectivity index (χ1v) is 10.3. The van der Waals surface area contributed by atoms with Crippen LogP contribution in [0.5, 0.6) is 11.5 Å². The molecule has 1 aliphatic rings. The lowest BCUT2D eigenvalue weighted by atomic mass is 10.0. The fourth-order valence-corrected chi connectivity index (χ4v) is 3.48. The number of nitrogens with zero attached hydrogens (tertiary/aromatic N) is 4. The largest absolute Gasteiger partial charge is 0.494 e. The van der Waals surface area contributed by atoms with Gasteiger partial charge in [0, 0.05) is 24.2 Å². The summed E-state index contributed by atoms with van der Waals surface area (Å²) in [5, 5.41) is 17.2. The lowest BCUT2D eigenvalue weighted by Gasteiger charge is -2.17. The minimum atomic E-state index is -0.119. The summed E-state index contributed by atoms with van der Waals surface area (Å²) in [5.41, 5.74) is 3.16. The van der Waals surface area contributed by atoms with E-state index in [1.807, 2.05) is 18.2 Å². The zero-order valence-corrected chi connectivity index (χ0v) is 17.9. The molecule has 2 heterocycles. The van der Waals surface area contributed by atoms with Crippen molar-refractivity contribution in [3.63, 3.8) is 0 Å². The molecule has 32 heavy (non-hydrogen) atoms. The Morgan fingerprint density at radius 2 is 2.09 bits per heavy atom. The fraction of sp³-hybridized carbons (Fsp3) is 0.318. The molecule has 0 aliphatic carbocycles. The van der Waals surface area contributed by atoms with Crippen molar-refractivity contribution in [1.82, 2.24) is 20.2 Å². The number of amides is 2. The summed E-state index contributed by atoms with van der Waals surface area (Å²) >= 11 is 0. The number of carbonyl (C=O) groups excluding carboxylic acids is 2. The zero-order valence-electron chi connectivity index (χ0n) is 17.9. The Balaban J connectivity index is 1.29. The van der Waals surface area contributed by atoms with Crippen molar-refractivity contribution < 1.29 is 19.1 Å². The molecule has 3 aromatic rings. The van der Waals surface area contributed by atoms with Crippen molar-refractivity contribution in [2.45, 2.75) is 32.6 Å². The van der Waals surface area contributed by atoms with Crippen LogP contribution in [0.3, 0.4) is 0 Å². The van der Waals surface area contributed by atoms with Crippen LogP contribution in [0.25, 0.3) is 5.69 Å². The summed E-state index contributed by atoms with van der Waals surface area (Å²) in [4.78, 5) is 23.8. The van der Waals surface area contributed by atoms with Crippen LogP contribution >= 0.6 is 0 Å². The molecule has 0 saturated carbocycles. The Morgan fingerprint density at radius 3 is 2.88 bits per heavy atom. The molecule has 0 unspecified atom stereocenters. The molecule has 1 aliphatic heterocycles. The highest BCUT2D eigenvalue weighted by Gasteiger charge is 2.15. The number of tetrazole rings is 1. The maximum atomic E-state index is 12.4. The normalized spacial score (nSPS) is 12.6. The fourth-order valence-electron chi connectivity index (χ4n) is 3.48. The third-order valence-electron chi connectivity index (χ3n) is 5.11. The predicted molar refractivity (Wildman–Crippen MR) is 117 cm³/mol. The molecule has 0 atom stereocenters. The minimum Gasteiger partial charge on any atom is -0.494 e. The van der Waals surface area contributed by atoms with Crippen LogP contribution in [0, 0.1) is 6.92 Å². The molecule has 0 saturated heterocycles. The Kier molecular flexibility index (Phi) is 6.29. The summed E-state index contributed by atoms with van der Waals surface area (Å²) in [6.45, 7) is 2.19. The number of fused-ring (bicyclic) bond motifs is 1. The van der Waals surface area contributed by atoms with Crippen molar-refractivity contribution in [2.75, 3.05) is 24.4 Å². The maximum absolute atomic E-state index is 12.4. The molecule has 10 nitrogen and oxygen atoms in total. The van der Waals surface area contributed by atoms with Crippen LogP contribution in [0.1, 0.15) is 30.7 Å². The van der Waals surface area contributed by atoms with Crippen LogP contribution in [0.2, 0.25) is 0 Å². The van der Waals surface area contributed by atoms with Gasteiger partial charge in [-0.05, 0) is 72.2 Å². The second-order valence-electron chi connectivity index (χ2n) is 7.39. The average molecular weight is 436 g/mol. The Morgan fingerprint density at radius 1 is 1.22 bits per heavy atom. The number of aryl methyl sites for hydroxylation is 2. The quantitative estimate of drug-likeness (QED) is 0.521. The number of anilines is 2. The Labute approximate surface area is 184 Å². The average Bonchev–Trinajstić information content (AvgIpc) is 3.22. The van der Waals surface area contributed by atoms with Crippen LogP contribution in [-0.2, 0) is 16.0 Å². The van der Waals surface area contributed by atoms with Crippen molar-refractivity contribution in [3.05, 3.63) is 47.8 Å². The first-order valence-electron chi connectivity index (χ1n) is 10.3. The van der Waals surface area contributed by atoms with E-state index in [-0.39, 0.29) is 11.8 Å². The standard InChI is InChI=1S/C22H24N6O4/c1-14-25-26-27-28(14)19-13-16(6-9-20(19)31-2)23-21(29)4-3-11-32-17-7-8-18-15(12-17)5-10-22(30)24-18/h6-9,12-13H,3-5,10-11H2,1-2H3,(H,23,29)(H,24,30). The number of rotatable bonds is 8. The van der Waals surface area contributed by atoms with Gasteiger partial charge in [0.2, 0.25) is 11.8 Å². The monoisotopic (exact) mass is 436 g/mol. The molecule has 1 aromatic heterocycles. The molecule has 166 valence electrons. The van der Waals surface area contributed by atoms with Gasteiger partial charge >= 0.3 is 0 Å². The van der Waals surface area contributed by atoms with Gasteiger partial charge < -0.3 is 20.1 Å². The molecular weight excluding hydrogens is 412 g/mol. The molecular formula is C22H24N6O4. The summed E-state index contributed by atoms with van der Waals surface area (Å²) in [5.74, 6) is 1.85. The third kappa shape index (κ3) is 4.85. The maximum Gasteiger partial charge on any atom is 0.224 e. The van der Waals surface area contributed by atoms with Crippen LogP contribution in [0.4, 0.5) is 11.4 Å². The number of hydrogen-bond acceptors (Lipinski definition) is 7. The summed E-state index contributed by atoms with van der Waals surface area (Å²) in [6, 6.07) is 10.9. The summed E-state index contributed by atoms with van der Waals surface area (Å²) in [7, 11) is 1.56. The van der Waals surface area contributed by atoms with E-state index in [2.05, 4.69) is 26.2 Å². The summed E-state index contributed by atoms with van der Waals surface area (Å²) < 4.78 is 12.7. The predicted octanol–water partition coefficient (Wildman–Crippen LogP) is 2.66. The smallest absolute Gasteiger partial charge is 0.224 e. The third-order valence-corrected chi connectivity index (χ3v) is 5.11. The first kappa shape index (κ1) is 21.3. The van der Waals surface area contributed by atoms with Gasteiger partial charge in [0.05, 0.1) is 13.7 Å². The molecule has 0 bridgehead atoms.